The van der Waals surface area contributed by atoms with Crippen molar-refractivity contribution in [2.75, 3.05) is 33.5 Å². The number of likely N-dealkylation sites (N-methyl/N-ethyl adjacent to an activating group) is 1. The highest BCUT2D eigenvalue weighted by atomic mass is 16.6. The van der Waals surface area contributed by atoms with E-state index in [2.05, 4.69) is 30.2 Å². The van der Waals surface area contributed by atoms with Crippen LogP contribution in [0.1, 0.15) is 43.8 Å². The maximum atomic E-state index is 13.4. The Morgan fingerprint density at radius 3 is 2.49 bits per heavy atom. The molecule has 3 rings (SSSR count). The molecular weight excluding hydrogens is 524 g/mol. The first-order valence-electron chi connectivity index (χ1n) is 13.6. The van der Waals surface area contributed by atoms with Crippen LogP contribution in [-0.4, -0.2) is 76.5 Å². The van der Waals surface area contributed by atoms with Gasteiger partial charge in [-0.25, -0.2) is 9.78 Å². The van der Waals surface area contributed by atoms with Gasteiger partial charge < -0.3 is 29.4 Å². The van der Waals surface area contributed by atoms with Gasteiger partial charge in [0, 0.05) is 33.9 Å². The molecule has 2 aromatic heterocycles. The fourth-order valence-electron chi connectivity index (χ4n) is 4.20. The summed E-state index contributed by atoms with van der Waals surface area (Å²) in [5, 5.41) is 2.64. The summed E-state index contributed by atoms with van der Waals surface area (Å²) < 4.78 is 6.92. The lowest BCUT2D eigenvalue weighted by atomic mass is 10.0. The lowest BCUT2D eigenvalue weighted by molar-refractivity contribution is -0.125. The van der Waals surface area contributed by atoms with E-state index in [-0.39, 0.29) is 24.6 Å². The molecule has 11 nitrogen and oxygen atoms in total. The molecule has 0 aliphatic rings. The Labute approximate surface area is 240 Å². The standard InChI is InChI=1S/C30H40N6O5/c1-19(2)17-21-11-10-12-22-27(21)33-25(31-22)18-36-20(3)15-16-23(29(36)39)32-28(38)24(41-30(40)35(6)7)13-8-9-14-26(37)34(4)5/h9-12,14-16,19,24H,8,13,17-18H2,1-7H3,(H,31,33)(H,32,38). The fourth-order valence-corrected chi connectivity index (χ4v) is 4.20. The van der Waals surface area contributed by atoms with E-state index in [9.17, 15) is 19.2 Å². The molecule has 0 fully saturated rings. The number of ether oxygens (including phenoxy) is 1. The number of aromatic nitrogens is 3. The minimum atomic E-state index is -1.17. The molecule has 0 saturated carbocycles. The first-order valence-corrected chi connectivity index (χ1v) is 13.6. The Morgan fingerprint density at radius 2 is 1.83 bits per heavy atom. The Morgan fingerprint density at radius 1 is 1.10 bits per heavy atom. The van der Waals surface area contributed by atoms with Gasteiger partial charge in [0.1, 0.15) is 11.5 Å². The van der Waals surface area contributed by atoms with Crippen LogP contribution in [0.15, 0.2) is 47.3 Å². The number of hydrogen-bond donors (Lipinski definition) is 2. The molecule has 0 aliphatic carbocycles. The molecule has 0 aliphatic heterocycles. The van der Waals surface area contributed by atoms with Crippen LogP contribution in [0.5, 0.6) is 0 Å². The number of benzene rings is 1. The summed E-state index contributed by atoms with van der Waals surface area (Å²) in [4.78, 5) is 61.4. The van der Waals surface area contributed by atoms with Gasteiger partial charge in [-0.3, -0.25) is 14.4 Å². The summed E-state index contributed by atoms with van der Waals surface area (Å²) in [7, 11) is 6.29. The van der Waals surface area contributed by atoms with Crippen LogP contribution in [0.3, 0.4) is 0 Å². The monoisotopic (exact) mass is 564 g/mol. The minimum Gasteiger partial charge on any atom is -0.436 e. The van der Waals surface area contributed by atoms with Gasteiger partial charge in [0.25, 0.3) is 11.5 Å². The third-order valence-electron chi connectivity index (χ3n) is 6.43. The second kappa shape index (κ2) is 13.8. The summed E-state index contributed by atoms with van der Waals surface area (Å²) in [5.41, 5.74) is 3.28. The van der Waals surface area contributed by atoms with Gasteiger partial charge in [-0.2, -0.15) is 0 Å². The number of imidazole rings is 1. The first kappa shape index (κ1) is 31.1. The number of hydrogen-bond acceptors (Lipinski definition) is 6. The van der Waals surface area contributed by atoms with Gasteiger partial charge in [0.2, 0.25) is 5.91 Å². The molecule has 1 unspecified atom stereocenters. The van der Waals surface area contributed by atoms with Crippen molar-refractivity contribution >= 4 is 34.6 Å². The van der Waals surface area contributed by atoms with Gasteiger partial charge in [0.05, 0.1) is 17.6 Å². The van der Waals surface area contributed by atoms with Crippen LogP contribution < -0.4 is 10.9 Å². The van der Waals surface area contributed by atoms with E-state index < -0.39 is 23.7 Å². The summed E-state index contributed by atoms with van der Waals surface area (Å²) in [6.07, 6.45) is 2.47. The lowest BCUT2D eigenvalue weighted by Crippen LogP contribution is -2.38. The number of carbonyl (C=O) groups is 3. The van der Waals surface area contributed by atoms with Crippen molar-refractivity contribution in [3.63, 3.8) is 0 Å². The fraction of sp³-hybridized carbons (Fsp3) is 0.433. The largest absolute Gasteiger partial charge is 0.436 e. The number of allylic oxidation sites excluding steroid dienone is 1. The summed E-state index contributed by atoms with van der Waals surface area (Å²) >= 11 is 0. The molecule has 0 spiro atoms. The number of aromatic amines is 1. The zero-order valence-corrected chi connectivity index (χ0v) is 24.9. The molecule has 2 heterocycles. The minimum absolute atomic E-state index is 0.0569. The molecule has 0 radical (unpaired) electrons. The number of aryl methyl sites for hydroxylation is 1. The van der Waals surface area contributed by atoms with Crippen LogP contribution in [0, 0.1) is 12.8 Å². The zero-order valence-electron chi connectivity index (χ0n) is 24.9. The topological polar surface area (TPSA) is 130 Å². The molecular formula is C30H40N6O5. The summed E-state index contributed by atoms with van der Waals surface area (Å²) in [6.45, 7) is 6.31. The maximum Gasteiger partial charge on any atom is 0.410 e. The van der Waals surface area contributed by atoms with Crippen LogP contribution in [-0.2, 0) is 27.3 Å². The van der Waals surface area contributed by atoms with Gasteiger partial charge >= 0.3 is 6.09 Å². The van der Waals surface area contributed by atoms with Crippen molar-refractivity contribution in [3.05, 3.63) is 69.9 Å². The highest BCUT2D eigenvalue weighted by Crippen LogP contribution is 2.20. The number of pyridine rings is 1. The second-order valence-electron chi connectivity index (χ2n) is 10.8. The van der Waals surface area contributed by atoms with Crippen LogP contribution in [0.25, 0.3) is 11.0 Å². The van der Waals surface area contributed by atoms with Crippen molar-refractivity contribution < 1.29 is 19.1 Å². The smallest absolute Gasteiger partial charge is 0.410 e. The quantitative estimate of drug-likeness (QED) is 0.342. The zero-order chi connectivity index (χ0) is 30.3. The van der Waals surface area contributed by atoms with Crippen LogP contribution >= 0.6 is 0 Å². The van der Waals surface area contributed by atoms with Crippen molar-refractivity contribution in [2.45, 2.75) is 52.7 Å². The molecule has 220 valence electrons. The SMILES string of the molecule is Cc1ccc(NC(=O)C(CCC=CC(=O)N(C)C)OC(=O)N(C)C)c(=O)n1Cc1nc2c(CC(C)C)cccc2[nH]1. The Hall–Kier alpha value is -4.41. The van der Waals surface area contributed by atoms with E-state index in [1.165, 1.54) is 40.6 Å². The van der Waals surface area contributed by atoms with Gasteiger partial charge in [-0.05, 0) is 61.9 Å². The molecule has 1 aromatic carbocycles. The second-order valence-corrected chi connectivity index (χ2v) is 10.8. The van der Waals surface area contributed by atoms with E-state index in [1.54, 1.807) is 26.2 Å². The van der Waals surface area contributed by atoms with Gasteiger partial charge in [0.15, 0.2) is 6.10 Å². The highest BCUT2D eigenvalue weighted by molar-refractivity contribution is 5.95. The molecule has 11 heteroatoms. The van der Waals surface area contributed by atoms with E-state index in [1.807, 2.05) is 19.1 Å². The van der Waals surface area contributed by atoms with Crippen LogP contribution in [0.4, 0.5) is 10.5 Å². The molecule has 3 aromatic rings. The Kier molecular flexibility index (Phi) is 10.5. The number of carbonyl (C=O) groups excluding carboxylic acids is 3. The number of fused-ring (bicyclic) bond motifs is 1. The number of rotatable bonds is 11. The van der Waals surface area contributed by atoms with E-state index in [0.29, 0.717) is 23.9 Å². The number of nitrogens with zero attached hydrogens (tertiary/aromatic N) is 4. The molecule has 0 saturated heterocycles. The number of H-pyrrole nitrogens is 1. The number of amides is 3. The maximum absolute atomic E-state index is 13.4. The molecule has 2 N–H and O–H groups in total. The summed E-state index contributed by atoms with van der Waals surface area (Å²) in [5.74, 6) is 0.268. The van der Waals surface area contributed by atoms with Crippen molar-refractivity contribution in [1.82, 2.24) is 24.3 Å². The van der Waals surface area contributed by atoms with Gasteiger partial charge in [-0.15, -0.1) is 0 Å². The predicted molar refractivity (Wildman–Crippen MR) is 159 cm³/mol. The average molecular weight is 565 g/mol. The third kappa shape index (κ3) is 8.29. The van der Waals surface area contributed by atoms with E-state index >= 15 is 0 Å². The molecule has 1 atom stereocenters. The number of anilines is 1. The third-order valence-corrected chi connectivity index (χ3v) is 6.43. The predicted octanol–water partition coefficient (Wildman–Crippen LogP) is 3.71. The normalized spacial score (nSPS) is 12.1. The first-order chi connectivity index (χ1) is 19.4. The Bertz CT molecular complexity index is 1480. The number of para-hydroxylation sites is 1. The summed E-state index contributed by atoms with van der Waals surface area (Å²) in [6, 6.07) is 9.29. The average Bonchev–Trinajstić information content (AvgIpc) is 3.33. The van der Waals surface area contributed by atoms with Gasteiger partial charge in [-0.1, -0.05) is 32.1 Å². The Balaban J connectivity index is 1.82. The van der Waals surface area contributed by atoms with E-state index in [0.717, 1.165) is 23.0 Å². The van der Waals surface area contributed by atoms with Crippen molar-refractivity contribution in [2.24, 2.45) is 5.92 Å². The van der Waals surface area contributed by atoms with E-state index in [4.69, 9.17) is 9.72 Å². The molecule has 3 amide bonds. The molecule has 41 heavy (non-hydrogen) atoms. The van der Waals surface area contributed by atoms with Crippen LogP contribution in [0.2, 0.25) is 0 Å². The van der Waals surface area contributed by atoms with Crippen molar-refractivity contribution in [3.8, 4) is 0 Å². The lowest BCUT2D eigenvalue weighted by Gasteiger charge is -2.20. The van der Waals surface area contributed by atoms with Crippen molar-refractivity contribution in [1.29, 1.82) is 0 Å². The highest BCUT2D eigenvalue weighted by Gasteiger charge is 2.25. The molecule has 0 bridgehead atoms. The number of nitrogens with one attached hydrogen (secondary N) is 2.